The van der Waals surface area contributed by atoms with Crippen molar-refractivity contribution in [2.45, 2.75) is 101 Å². The number of rotatable bonds is 20. The Morgan fingerprint density at radius 1 is 0.860 bits per heavy atom. The summed E-state index contributed by atoms with van der Waals surface area (Å²) in [6, 6.07) is 17.7. The van der Waals surface area contributed by atoms with Crippen molar-refractivity contribution in [1.82, 2.24) is 20.4 Å². The monoisotopic (exact) mass is 684 g/mol. The van der Waals surface area contributed by atoms with Gasteiger partial charge in [-0.25, -0.2) is 0 Å². The lowest BCUT2D eigenvalue weighted by Crippen LogP contribution is -2.55. The molecule has 0 bridgehead atoms. The Bertz CT molecular complexity index is 1400. The summed E-state index contributed by atoms with van der Waals surface area (Å²) in [6.45, 7) is 1.90. The van der Waals surface area contributed by atoms with Crippen LogP contribution in [0.25, 0.3) is 0 Å². The molecule has 5 atom stereocenters. The molecule has 3 rings (SSSR count). The van der Waals surface area contributed by atoms with Crippen LogP contribution in [0.15, 0.2) is 60.7 Å². The standard InChI is InChI=1S/C41H56N4O5/c1-5-7-24-37(46)39(48)36(28-32-20-13-9-14-21-32)43-41(50)35(17-6-2)42-40(49)34(27-31-18-11-8-12-19-31)29-38(47)45(4)26-25-44(3)30-33-22-15-10-16-23-33/h1-2,8,10-12,15-16,18-19,22-23,32,34-37,39,46,48H,7,9,13-14,17,20-21,24-30H2,3-4H3,(H,42,49)(H,43,50). The Hall–Kier alpha value is -4.15. The van der Waals surface area contributed by atoms with Crippen molar-refractivity contribution < 1.29 is 24.6 Å². The molecule has 2 aromatic carbocycles. The van der Waals surface area contributed by atoms with E-state index in [0.29, 0.717) is 38.3 Å². The molecule has 5 unspecified atom stereocenters. The van der Waals surface area contributed by atoms with Crippen molar-refractivity contribution in [2.75, 3.05) is 27.2 Å². The largest absolute Gasteiger partial charge is 0.390 e. The lowest BCUT2D eigenvalue weighted by Gasteiger charge is -2.33. The van der Waals surface area contributed by atoms with Gasteiger partial charge in [0.2, 0.25) is 17.7 Å². The fraction of sp³-hybridized carbons (Fsp3) is 0.537. The number of amides is 3. The van der Waals surface area contributed by atoms with Crippen molar-refractivity contribution in [3.63, 3.8) is 0 Å². The lowest BCUT2D eigenvalue weighted by molar-refractivity contribution is -0.137. The fourth-order valence-electron chi connectivity index (χ4n) is 6.58. The SMILES string of the molecule is C#CCCC(O)C(O)C(CC1CCCCC1)NC(=O)C(CC#C)NC(=O)C(CC(=O)N(C)CCN(C)Cc1ccccc1)Cc1ccccc1. The third kappa shape index (κ3) is 14.0. The minimum absolute atomic E-state index is 0.0472. The molecule has 0 heterocycles. The number of carbonyl (C=O) groups excluding carboxylic acids is 3. The van der Waals surface area contributed by atoms with Crippen LogP contribution in [0.5, 0.6) is 0 Å². The highest BCUT2D eigenvalue weighted by Gasteiger charge is 2.34. The second kappa shape index (κ2) is 21.8. The number of benzene rings is 2. The van der Waals surface area contributed by atoms with Gasteiger partial charge in [-0.15, -0.1) is 24.7 Å². The summed E-state index contributed by atoms with van der Waals surface area (Å²) >= 11 is 0. The molecule has 0 aliphatic heterocycles. The lowest BCUT2D eigenvalue weighted by atomic mass is 9.82. The first kappa shape index (κ1) is 40.3. The van der Waals surface area contributed by atoms with E-state index in [2.05, 4.69) is 39.5 Å². The van der Waals surface area contributed by atoms with Gasteiger partial charge in [-0.05, 0) is 43.4 Å². The third-order valence-electron chi connectivity index (χ3n) is 9.64. The molecule has 50 heavy (non-hydrogen) atoms. The van der Waals surface area contributed by atoms with E-state index < -0.39 is 42.0 Å². The summed E-state index contributed by atoms with van der Waals surface area (Å²) in [5, 5.41) is 27.6. The predicted octanol–water partition coefficient (Wildman–Crippen LogP) is 3.92. The van der Waals surface area contributed by atoms with Crippen LogP contribution in [-0.2, 0) is 27.3 Å². The van der Waals surface area contributed by atoms with E-state index in [4.69, 9.17) is 12.8 Å². The Kier molecular flexibility index (Phi) is 17.6. The highest BCUT2D eigenvalue weighted by atomic mass is 16.3. The number of carbonyl (C=O) groups is 3. The van der Waals surface area contributed by atoms with Gasteiger partial charge in [0.25, 0.3) is 0 Å². The van der Waals surface area contributed by atoms with Crippen LogP contribution in [0.2, 0.25) is 0 Å². The van der Waals surface area contributed by atoms with Gasteiger partial charge in [0.05, 0.1) is 18.1 Å². The Labute approximate surface area is 299 Å². The molecule has 0 radical (unpaired) electrons. The molecule has 2 aromatic rings. The normalized spacial score (nSPS) is 16.2. The number of hydrogen-bond acceptors (Lipinski definition) is 6. The Morgan fingerprint density at radius 2 is 1.50 bits per heavy atom. The Morgan fingerprint density at radius 3 is 2.12 bits per heavy atom. The minimum atomic E-state index is -1.23. The van der Waals surface area contributed by atoms with Crippen LogP contribution >= 0.6 is 0 Å². The molecule has 0 spiro atoms. The average molecular weight is 685 g/mol. The van der Waals surface area contributed by atoms with E-state index in [1.807, 2.05) is 55.6 Å². The van der Waals surface area contributed by atoms with Gasteiger partial charge in [0.15, 0.2) is 0 Å². The van der Waals surface area contributed by atoms with Gasteiger partial charge in [0.1, 0.15) is 12.1 Å². The van der Waals surface area contributed by atoms with Crippen LogP contribution in [-0.4, -0.2) is 89.2 Å². The number of likely N-dealkylation sites (N-methyl/N-ethyl adjacent to an activating group) is 2. The van der Waals surface area contributed by atoms with Gasteiger partial charge in [-0.2, -0.15) is 0 Å². The Balaban J connectivity index is 1.70. The number of aliphatic hydroxyl groups is 2. The second-order valence-corrected chi connectivity index (χ2v) is 13.8. The summed E-state index contributed by atoms with van der Waals surface area (Å²) in [7, 11) is 3.74. The fourth-order valence-corrected chi connectivity index (χ4v) is 6.58. The first-order chi connectivity index (χ1) is 24.1. The van der Waals surface area contributed by atoms with Gasteiger partial charge < -0.3 is 30.6 Å². The van der Waals surface area contributed by atoms with Gasteiger partial charge in [0, 0.05) is 45.9 Å². The summed E-state index contributed by atoms with van der Waals surface area (Å²) in [5.41, 5.74) is 2.07. The highest BCUT2D eigenvalue weighted by Crippen LogP contribution is 2.29. The molecule has 270 valence electrons. The molecule has 3 amide bonds. The molecule has 1 aliphatic rings. The summed E-state index contributed by atoms with van der Waals surface area (Å²) < 4.78 is 0. The van der Waals surface area contributed by atoms with Gasteiger partial charge in [-0.1, -0.05) is 92.8 Å². The topological polar surface area (TPSA) is 122 Å². The van der Waals surface area contributed by atoms with E-state index in [1.165, 1.54) is 5.56 Å². The summed E-state index contributed by atoms with van der Waals surface area (Å²) in [4.78, 5) is 44.9. The smallest absolute Gasteiger partial charge is 0.243 e. The first-order valence-electron chi connectivity index (χ1n) is 17.9. The average Bonchev–Trinajstić information content (AvgIpc) is 3.12. The minimum Gasteiger partial charge on any atom is -0.390 e. The van der Waals surface area contributed by atoms with Crippen LogP contribution < -0.4 is 10.6 Å². The highest BCUT2D eigenvalue weighted by molar-refractivity contribution is 5.91. The molecule has 9 nitrogen and oxygen atoms in total. The molecule has 1 aliphatic carbocycles. The number of terminal acetylenes is 2. The van der Waals surface area contributed by atoms with Crippen molar-refractivity contribution in [2.24, 2.45) is 11.8 Å². The zero-order valence-corrected chi connectivity index (χ0v) is 29.8. The zero-order valence-electron chi connectivity index (χ0n) is 29.8. The van der Waals surface area contributed by atoms with E-state index in [1.54, 1.807) is 11.9 Å². The van der Waals surface area contributed by atoms with Crippen LogP contribution in [0, 0.1) is 36.5 Å². The van der Waals surface area contributed by atoms with Gasteiger partial charge >= 0.3 is 0 Å². The van der Waals surface area contributed by atoms with E-state index >= 15 is 0 Å². The first-order valence-corrected chi connectivity index (χ1v) is 17.9. The molecule has 0 aromatic heterocycles. The maximum Gasteiger partial charge on any atom is 0.243 e. The summed E-state index contributed by atoms with van der Waals surface area (Å²) in [5.74, 6) is 3.34. The van der Waals surface area contributed by atoms with Crippen molar-refractivity contribution in [3.8, 4) is 24.7 Å². The van der Waals surface area contributed by atoms with Crippen LogP contribution in [0.4, 0.5) is 0 Å². The summed E-state index contributed by atoms with van der Waals surface area (Å²) in [6.07, 6.45) is 15.1. The van der Waals surface area contributed by atoms with Crippen molar-refractivity contribution in [3.05, 3.63) is 71.8 Å². The maximum absolute atomic E-state index is 13.9. The molecule has 9 heteroatoms. The van der Waals surface area contributed by atoms with E-state index in [-0.39, 0.29) is 25.2 Å². The van der Waals surface area contributed by atoms with Crippen LogP contribution in [0.3, 0.4) is 0 Å². The predicted molar refractivity (Wildman–Crippen MR) is 197 cm³/mol. The number of nitrogens with one attached hydrogen (secondary N) is 2. The van der Waals surface area contributed by atoms with Gasteiger partial charge in [-0.3, -0.25) is 14.4 Å². The van der Waals surface area contributed by atoms with Crippen LogP contribution in [0.1, 0.15) is 75.3 Å². The zero-order chi connectivity index (χ0) is 36.3. The molecule has 4 N–H and O–H groups in total. The van der Waals surface area contributed by atoms with E-state index in [0.717, 1.165) is 44.2 Å². The number of aliphatic hydroxyl groups excluding tert-OH is 2. The van der Waals surface area contributed by atoms with E-state index in [9.17, 15) is 24.6 Å². The number of hydrogen-bond donors (Lipinski definition) is 4. The molecular weight excluding hydrogens is 628 g/mol. The quantitative estimate of drug-likeness (QED) is 0.157. The number of nitrogens with zero attached hydrogens (tertiary/aromatic N) is 2. The molecule has 1 saturated carbocycles. The van der Waals surface area contributed by atoms with Crippen molar-refractivity contribution >= 4 is 17.7 Å². The maximum atomic E-state index is 13.9. The molecular formula is C41H56N4O5. The second-order valence-electron chi connectivity index (χ2n) is 13.8. The molecule has 1 fully saturated rings. The third-order valence-corrected chi connectivity index (χ3v) is 9.64. The molecule has 0 saturated heterocycles. The van der Waals surface area contributed by atoms with Crippen molar-refractivity contribution in [1.29, 1.82) is 0 Å².